The summed E-state index contributed by atoms with van der Waals surface area (Å²) in [6.45, 7) is 4.35. The van der Waals surface area contributed by atoms with Gasteiger partial charge in [-0.15, -0.1) is 0 Å². The van der Waals surface area contributed by atoms with Gasteiger partial charge in [-0.05, 0) is 24.0 Å². The third kappa shape index (κ3) is 2.67. The van der Waals surface area contributed by atoms with E-state index in [4.69, 9.17) is 0 Å². The summed E-state index contributed by atoms with van der Waals surface area (Å²) in [5, 5.41) is 2.72. The molecule has 1 atom stereocenters. The molecule has 2 heterocycles. The van der Waals surface area contributed by atoms with Crippen LogP contribution in [0.3, 0.4) is 0 Å². The molecule has 1 aliphatic rings. The SMILES string of the molecule is CC(C)CC1NC(=O)N(Cc2cccnc2)C1=O. The molecule has 1 aromatic rings. The van der Waals surface area contributed by atoms with Crippen molar-refractivity contribution in [2.45, 2.75) is 32.9 Å². The Hall–Kier alpha value is -1.91. The van der Waals surface area contributed by atoms with Crippen molar-refractivity contribution in [2.24, 2.45) is 5.92 Å². The van der Waals surface area contributed by atoms with Crippen LogP contribution in [0.25, 0.3) is 0 Å². The molecule has 0 spiro atoms. The van der Waals surface area contributed by atoms with Crippen molar-refractivity contribution in [2.75, 3.05) is 0 Å². The number of hydrogen-bond acceptors (Lipinski definition) is 3. The monoisotopic (exact) mass is 247 g/mol. The van der Waals surface area contributed by atoms with E-state index in [2.05, 4.69) is 10.3 Å². The fourth-order valence-electron chi connectivity index (χ4n) is 2.03. The number of nitrogens with one attached hydrogen (secondary N) is 1. The van der Waals surface area contributed by atoms with Crippen LogP contribution in [0.1, 0.15) is 25.8 Å². The van der Waals surface area contributed by atoms with Gasteiger partial charge < -0.3 is 5.32 Å². The molecule has 2 rings (SSSR count). The van der Waals surface area contributed by atoms with E-state index in [-0.39, 0.29) is 24.5 Å². The highest BCUT2D eigenvalue weighted by molar-refractivity contribution is 6.04. The molecule has 0 aliphatic carbocycles. The summed E-state index contributed by atoms with van der Waals surface area (Å²) in [4.78, 5) is 29.1. The zero-order valence-corrected chi connectivity index (χ0v) is 10.6. The van der Waals surface area contributed by atoms with Crippen molar-refractivity contribution in [1.29, 1.82) is 0 Å². The molecular formula is C13H17N3O2. The Morgan fingerprint density at radius 2 is 2.22 bits per heavy atom. The maximum absolute atomic E-state index is 12.1. The second-order valence-corrected chi connectivity index (χ2v) is 4.92. The Labute approximate surface area is 106 Å². The number of aromatic nitrogens is 1. The molecule has 1 saturated heterocycles. The van der Waals surface area contributed by atoms with Crippen molar-refractivity contribution in [3.8, 4) is 0 Å². The minimum Gasteiger partial charge on any atom is -0.326 e. The van der Waals surface area contributed by atoms with E-state index in [1.807, 2.05) is 19.9 Å². The van der Waals surface area contributed by atoms with Crippen LogP contribution in [0, 0.1) is 5.92 Å². The smallest absolute Gasteiger partial charge is 0.325 e. The van der Waals surface area contributed by atoms with Gasteiger partial charge in [-0.25, -0.2) is 4.79 Å². The highest BCUT2D eigenvalue weighted by Crippen LogP contribution is 2.16. The molecular weight excluding hydrogens is 230 g/mol. The highest BCUT2D eigenvalue weighted by Gasteiger charge is 2.37. The largest absolute Gasteiger partial charge is 0.326 e. The molecule has 0 saturated carbocycles. The predicted octanol–water partition coefficient (Wildman–Crippen LogP) is 1.55. The maximum Gasteiger partial charge on any atom is 0.325 e. The van der Waals surface area contributed by atoms with Gasteiger partial charge in [0.1, 0.15) is 6.04 Å². The number of carbonyl (C=O) groups excluding carboxylic acids is 2. The Morgan fingerprint density at radius 1 is 1.44 bits per heavy atom. The van der Waals surface area contributed by atoms with E-state index in [9.17, 15) is 9.59 Å². The molecule has 1 aromatic heterocycles. The lowest BCUT2D eigenvalue weighted by Crippen LogP contribution is -2.31. The number of amides is 3. The second kappa shape index (κ2) is 5.16. The first-order chi connectivity index (χ1) is 8.58. The quantitative estimate of drug-likeness (QED) is 0.821. The maximum atomic E-state index is 12.1. The van der Waals surface area contributed by atoms with Crippen LogP contribution >= 0.6 is 0 Å². The zero-order valence-electron chi connectivity index (χ0n) is 10.6. The van der Waals surface area contributed by atoms with Gasteiger partial charge in [0.15, 0.2) is 0 Å². The van der Waals surface area contributed by atoms with Gasteiger partial charge in [0, 0.05) is 12.4 Å². The zero-order chi connectivity index (χ0) is 13.1. The molecule has 0 aromatic carbocycles. The van der Waals surface area contributed by atoms with Gasteiger partial charge in [0.25, 0.3) is 5.91 Å². The van der Waals surface area contributed by atoms with Crippen LogP contribution in [0.4, 0.5) is 4.79 Å². The van der Waals surface area contributed by atoms with Gasteiger partial charge in [-0.3, -0.25) is 14.7 Å². The number of pyridine rings is 1. The van der Waals surface area contributed by atoms with Gasteiger partial charge >= 0.3 is 6.03 Å². The minimum atomic E-state index is -0.380. The Morgan fingerprint density at radius 3 is 2.83 bits per heavy atom. The summed E-state index contributed by atoms with van der Waals surface area (Å²) >= 11 is 0. The lowest BCUT2D eigenvalue weighted by atomic mass is 10.0. The topological polar surface area (TPSA) is 62.3 Å². The van der Waals surface area contributed by atoms with Crippen molar-refractivity contribution in [3.05, 3.63) is 30.1 Å². The summed E-state index contributed by atoms with van der Waals surface area (Å²) in [5.41, 5.74) is 0.853. The average Bonchev–Trinajstić information content (AvgIpc) is 2.58. The summed E-state index contributed by atoms with van der Waals surface area (Å²) in [6.07, 6.45) is 4.00. The fourth-order valence-corrected chi connectivity index (χ4v) is 2.03. The van der Waals surface area contributed by atoms with Crippen LogP contribution in [-0.2, 0) is 11.3 Å². The van der Waals surface area contributed by atoms with Crippen LogP contribution in [0.2, 0.25) is 0 Å². The van der Waals surface area contributed by atoms with E-state index in [1.165, 1.54) is 4.90 Å². The predicted molar refractivity (Wildman–Crippen MR) is 66.6 cm³/mol. The Kier molecular flexibility index (Phi) is 3.60. The molecule has 5 nitrogen and oxygen atoms in total. The van der Waals surface area contributed by atoms with Crippen molar-refractivity contribution >= 4 is 11.9 Å². The third-order valence-electron chi connectivity index (χ3n) is 2.88. The molecule has 0 bridgehead atoms. The van der Waals surface area contributed by atoms with Crippen LogP contribution < -0.4 is 5.32 Å². The normalized spacial score (nSPS) is 19.5. The number of rotatable bonds is 4. The summed E-state index contributed by atoms with van der Waals surface area (Å²) in [6, 6.07) is 2.95. The molecule has 1 fully saturated rings. The lowest BCUT2D eigenvalue weighted by Gasteiger charge is -2.13. The van der Waals surface area contributed by atoms with Gasteiger partial charge in [0.2, 0.25) is 0 Å². The first kappa shape index (κ1) is 12.5. The number of imide groups is 1. The highest BCUT2D eigenvalue weighted by atomic mass is 16.2. The molecule has 96 valence electrons. The molecule has 0 radical (unpaired) electrons. The van der Waals surface area contributed by atoms with Crippen LogP contribution in [0.15, 0.2) is 24.5 Å². The van der Waals surface area contributed by atoms with E-state index in [0.29, 0.717) is 12.3 Å². The Bertz CT molecular complexity index is 445. The van der Waals surface area contributed by atoms with E-state index >= 15 is 0 Å². The lowest BCUT2D eigenvalue weighted by molar-refractivity contribution is -0.128. The molecule has 5 heteroatoms. The third-order valence-corrected chi connectivity index (χ3v) is 2.88. The van der Waals surface area contributed by atoms with E-state index in [0.717, 1.165) is 5.56 Å². The standard InChI is InChI=1S/C13H17N3O2/c1-9(2)6-11-12(17)16(13(18)15-11)8-10-4-3-5-14-7-10/h3-5,7,9,11H,6,8H2,1-2H3,(H,15,18). The van der Waals surface area contributed by atoms with Gasteiger partial charge in [-0.1, -0.05) is 19.9 Å². The molecule has 1 aliphatic heterocycles. The average molecular weight is 247 g/mol. The number of urea groups is 1. The fraction of sp³-hybridized carbons (Fsp3) is 0.462. The van der Waals surface area contributed by atoms with Gasteiger partial charge in [0.05, 0.1) is 6.54 Å². The van der Waals surface area contributed by atoms with E-state index in [1.54, 1.807) is 18.5 Å². The van der Waals surface area contributed by atoms with Crippen molar-refractivity contribution in [1.82, 2.24) is 15.2 Å². The first-order valence-electron chi connectivity index (χ1n) is 6.08. The number of carbonyl (C=O) groups is 2. The molecule has 1 unspecified atom stereocenters. The second-order valence-electron chi connectivity index (χ2n) is 4.92. The molecule has 18 heavy (non-hydrogen) atoms. The Balaban J connectivity index is 2.06. The number of hydrogen-bond donors (Lipinski definition) is 1. The van der Waals surface area contributed by atoms with Crippen molar-refractivity contribution in [3.63, 3.8) is 0 Å². The number of nitrogens with zero attached hydrogens (tertiary/aromatic N) is 2. The summed E-state index contributed by atoms with van der Waals surface area (Å²) < 4.78 is 0. The minimum absolute atomic E-state index is 0.141. The van der Waals surface area contributed by atoms with Crippen LogP contribution in [-0.4, -0.2) is 27.9 Å². The molecule has 1 N–H and O–H groups in total. The van der Waals surface area contributed by atoms with Crippen LogP contribution in [0.5, 0.6) is 0 Å². The van der Waals surface area contributed by atoms with E-state index < -0.39 is 0 Å². The summed E-state index contributed by atoms with van der Waals surface area (Å²) in [5.74, 6) is 0.232. The summed E-state index contributed by atoms with van der Waals surface area (Å²) in [7, 11) is 0. The molecule has 3 amide bonds. The first-order valence-corrected chi connectivity index (χ1v) is 6.08. The van der Waals surface area contributed by atoms with Crippen molar-refractivity contribution < 1.29 is 9.59 Å². The van der Waals surface area contributed by atoms with Gasteiger partial charge in [-0.2, -0.15) is 0 Å².